The summed E-state index contributed by atoms with van der Waals surface area (Å²) in [6.45, 7) is 5.31. The van der Waals surface area contributed by atoms with Crippen LogP contribution in [0, 0.1) is 5.92 Å². The van der Waals surface area contributed by atoms with Gasteiger partial charge < -0.3 is 5.32 Å². The van der Waals surface area contributed by atoms with Crippen LogP contribution in [0.4, 0.5) is 0 Å². The molecule has 0 saturated carbocycles. The maximum Gasteiger partial charge on any atom is 0.244 e. The summed E-state index contributed by atoms with van der Waals surface area (Å²) >= 11 is 0. The Labute approximate surface area is 137 Å². The van der Waals surface area contributed by atoms with Gasteiger partial charge in [-0.1, -0.05) is 44.2 Å². The maximum absolute atomic E-state index is 12.0. The van der Waals surface area contributed by atoms with Gasteiger partial charge in [0.15, 0.2) is 0 Å². The van der Waals surface area contributed by atoms with Gasteiger partial charge in [-0.15, -0.1) is 0 Å². The molecule has 0 aromatic heterocycles. The lowest BCUT2D eigenvalue weighted by Gasteiger charge is -2.29. The van der Waals surface area contributed by atoms with E-state index in [1.165, 1.54) is 5.01 Å². The summed E-state index contributed by atoms with van der Waals surface area (Å²) in [6, 6.07) is 9.86. The first-order valence-electron chi connectivity index (χ1n) is 8.15. The van der Waals surface area contributed by atoms with Crippen molar-refractivity contribution in [2.75, 3.05) is 13.1 Å². The van der Waals surface area contributed by atoms with E-state index >= 15 is 0 Å². The van der Waals surface area contributed by atoms with E-state index in [4.69, 9.17) is 0 Å². The van der Waals surface area contributed by atoms with Crippen molar-refractivity contribution in [2.45, 2.75) is 33.1 Å². The molecule has 5 heteroatoms. The Kier molecular flexibility index (Phi) is 6.20. The molecule has 2 amide bonds. The second kappa shape index (κ2) is 8.36. The molecule has 5 nitrogen and oxygen atoms in total. The van der Waals surface area contributed by atoms with Crippen molar-refractivity contribution in [3.63, 3.8) is 0 Å². The van der Waals surface area contributed by atoms with E-state index < -0.39 is 0 Å². The van der Waals surface area contributed by atoms with E-state index in [0.717, 1.165) is 17.7 Å². The quantitative estimate of drug-likeness (QED) is 0.812. The fraction of sp³-hybridized carbons (Fsp3) is 0.444. The minimum atomic E-state index is -0.0175. The molecule has 124 valence electrons. The van der Waals surface area contributed by atoms with Crippen molar-refractivity contribution in [1.82, 2.24) is 15.8 Å². The van der Waals surface area contributed by atoms with Gasteiger partial charge in [0.05, 0.1) is 12.2 Å². The molecule has 1 aliphatic rings. The van der Waals surface area contributed by atoms with Gasteiger partial charge in [-0.05, 0) is 24.0 Å². The third kappa shape index (κ3) is 5.43. The van der Waals surface area contributed by atoms with Crippen molar-refractivity contribution in [2.24, 2.45) is 5.92 Å². The molecule has 1 aliphatic heterocycles. The Morgan fingerprint density at radius 1 is 1.30 bits per heavy atom. The molecule has 0 spiro atoms. The van der Waals surface area contributed by atoms with Gasteiger partial charge in [-0.25, -0.2) is 0 Å². The van der Waals surface area contributed by atoms with Crippen LogP contribution in [0.3, 0.4) is 0 Å². The Balaban J connectivity index is 1.82. The van der Waals surface area contributed by atoms with Crippen molar-refractivity contribution in [1.29, 1.82) is 0 Å². The highest BCUT2D eigenvalue weighted by Crippen LogP contribution is 2.16. The number of benzene rings is 1. The third-order valence-electron chi connectivity index (χ3n) is 3.73. The van der Waals surface area contributed by atoms with Crippen LogP contribution in [-0.4, -0.2) is 29.9 Å². The summed E-state index contributed by atoms with van der Waals surface area (Å²) in [4.78, 5) is 23.8. The lowest BCUT2D eigenvalue weighted by atomic mass is 10.1. The molecule has 0 unspecified atom stereocenters. The van der Waals surface area contributed by atoms with Crippen LogP contribution in [0.2, 0.25) is 0 Å². The van der Waals surface area contributed by atoms with Gasteiger partial charge in [0.1, 0.15) is 0 Å². The lowest BCUT2D eigenvalue weighted by Crippen LogP contribution is -2.45. The molecule has 0 bridgehead atoms. The van der Waals surface area contributed by atoms with Crippen LogP contribution in [0.15, 0.2) is 36.4 Å². The van der Waals surface area contributed by atoms with Gasteiger partial charge in [-0.2, -0.15) is 0 Å². The zero-order chi connectivity index (χ0) is 16.7. The minimum Gasteiger partial charge on any atom is -0.356 e. The topological polar surface area (TPSA) is 61.4 Å². The predicted octanol–water partition coefficient (Wildman–Crippen LogP) is 2.32. The number of carbonyl (C=O) groups is 2. The normalized spacial score (nSPS) is 14.5. The standard InChI is InChI=1S/C18H25N3O2/c1-14(2)10-12-19-17(22)11-13-21-18(23)9-8-16(20-21)15-6-4-3-5-7-15/h3-8,14,20H,9-13H2,1-2H3,(H,19,22). The number of rotatable bonds is 7. The van der Waals surface area contributed by atoms with Crippen LogP contribution in [0.5, 0.6) is 0 Å². The number of hydrazine groups is 1. The molecular weight excluding hydrogens is 290 g/mol. The van der Waals surface area contributed by atoms with Crippen LogP contribution >= 0.6 is 0 Å². The van der Waals surface area contributed by atoms with Crippen LogP contribution in [0.25, 0.3) is 5.70 Å². The minimum absolute atomic E-state index is 0.0142. The average molecular weight is 315 g/mol. The zero-order valence-electron chi connectivity index (χ0n) is 13.8. The second-order valence-corrected chi connectivity index (χ2v) is 6.13. The molecule has 2 rings (SSSR count). The Hall–Kier alpha value is -2.30. The van der Waals surface area contributed by atoms with Gasteiger partial charge in [0, 0.05) is 19.4 Å². The summed E-state index contributed by atoms with van der Waals surface area (Å²) in [5.41, 5.74) is 5.06. The second-order valence-electron chi connectivity index (χ2n) is 6.13. The molecule has 0 radical (unpaired) electrons. The van der Waals surface area contributed by atoms with E-state index in [1.54, 1.807) is 0 Å². The van der Waals surface area contributed by atoms with Crippen molar-refractivity contribution >= 4 is 17.5 Å². The van der Waals surface area contributed by atoms with Gasteiger partial charge >= 0.3 is 0 Å². The molecule has 0 fully saturated rings. The molecule has 0 atom stereocenters. The molecule has 1 aromatic carbocycles. The Morgan fingerprint density at radius 3 is 2.74 bits per heavy atom. The van der Waals surface area contributed by atoms with Crippen molar-refractivity contribution in [3.8, 4) is 0 Å². The number of nitrogens with one attached hydrogen (secondary N) is 2. The van der Waals surface area contributed by atoms with E-state index in [-0.39, 0.29) is 11.8 Å². The molecule has 0 saturated heterocycles. The van der Waals surface area contributed by atoms with E-state index in [2.05, 4.69) is 24.6 Å². The molecule has 23 heavy (non-hydrogen) atoms. The van der Waals surface area contributed by atoms with Gasteiger partial charge in [0.25, 0.3) is 0 Å². The number of amides is 2. The largest absolute Gasteiger partial charge is 0.356 e. The van der Waals surface area contributed by atoms with Crippen molar-refractivity contribution < 1.29 is 9.59 Å². The van der Waals surface area contributed by atoms with Crippen LogP contribution in [0.1, 0.15) is 38.7 Å². The number of hydrogen-bond acceptors (Lipinski definition) is 3. The Morgan fingerprint density at radius 2 is 2.04 bits per heavy atom. The highest BCUT2D eigenvalue weighted by atomic mass is 16.2. The maximum atomic E-state index is 12.0. The first-order chi connectivity index (χ1) is 11.1. The van der Waals surface area contributed by atoms with E-state index in [0.29, 0.717) is 31.8 Å². The molecule has 2 N–H and O–H groups in total. The van der Waals surface area contributed by atoms with E-state index in [1.807, 2.05) is 36.4 Å². The summed E-state index contributed by atoms with van der Waals surface area (Å²) < 4.78 is 0. The fourth-order valence-corrected chi connectivity index (χ4v) is 2.34. The zero-order valence-corrected chi connectivity index (χ0v) is 13.8. The van der Waals surface area contributed by atoms with Crippen molar-refractivity contribution in [3.05, 3.63) is 42.0 Å². The summed E-state index contributed by atoms with van der Waals surface area (Å²) in [5.74, 6) is 0.537. The monoisotopic (exact) mass is 315 g/mol. The number of nitrogens with zero attached hydrogens (tertiary/aromatic N) is 1. The van der Waals surface area contributed by atoms with Crippen LogP contribution in [-0.2, 0) is 9.59 Å². The molecular formula is C18H25N3O2. The van der Waals surface area contributed by atoms with E-state index in [9.17, 15) is 9.59 Å². The fourth-order valence-electron chi connectivity index (χ4n) is 2.34. The highest BCUT2D eigenvalue weighted by molar-refractivity contribution is 5.84. The average Bonchev–Trinajstić information content (AvgIpc) is 2.54. The number of carbonyl (C=O) groups excluding carboxylic acids is 2. The smallest absolute Gasteiger partial charge is 0.244 e. The third-order valence-corrected chi connectivity index (χ3v) is 3.73. The first kappa shape index (κ1) is 17.1. The SMILES string of the molecule is CC(C)CCNC(=O)CCN1NC(c2ccccc2)=CCC1=O. The van der Waals surface area contributed by atoms with Gasteiger partial charge in [-0.3, -0.25) is 20.0 Å². The lowest BCUT2D eigenvalue weighted by molar-refractivity contribution is -0.133. The molecule has 0 aliphatic carbocycles. The van der Waals surface area contributed by atoms with Crippen LogP contribution < -0.4 is 10.7 Å². The number of hydrogen-bond donors (Lipinski definition) is 2. The highest BCUT2D eigenvalue weighted by Gasteiger charge is 2.20. The first-order valence-corrected chi connectivity index (χ1v) is 8.15. The molecule has 1 heterocycles. The summed E-state index contributed by atoms with van der Waals surface area (Å²) in [7, 11) is 0. The molecule has 1 aromatic rings. The predicted molar refractivity (Wildman–Crippen MR) is 91.0 cm³/mol. The van der Waals surface area contributed by atoms with Gasteiger partial charge in [0.2, 0.25) is 11.8 Å². The summed E-state index contributed by atoms with van der Waals surface area (Å²) in [6.07, 6.45) is 3.51. The Bertz CT molecular complexity index is 567. The summed E-state index contributed by atoms with van der Waals surface area (Å²) in [5, 5.41) is 4.42.